The van der Waals surface area contributed by atoms with Crippen molar-refractivity contribution < 1.29 is 24.6 Å². The van der Waals surface area contributed by atoms with Gasteiger partial charge in [-0.05, 0) is 38.8 Å². The number of benzene rings is 1. The average molecular weight is 423 g/mol. The fraction of sp³-hybridized carbons (Fsp3) is 0.304. The van der Waals surface area contributed by atoms with Crippen LogP contribution in [-0.4, -0.2) is 42.5 Å². The zero-order chi connectivity index (χ0) is 22.7. The molecule has 162 valence electrons. The van der Waals surface area contributed by atoms with Gasteiger partial charge in [0, 0.05) is 59.4 Å². The average Bonchev–Trinajstić information content (AvgIpc) is 3.24. The molecular formula is C23H25N3O5. The van der Waals surface area contributed by atoms with Gasteiger partial charge in [-0.2, -0.15) is 0 Å². The lowest BCUT2D eigenvalue weighted by Crippen LogP contribution is -2.25. The van der Waals surface area contributed by atoms with Gasteiger partial charge in [0.05, 0.1) is 12.0 Å². The number of carbonyl (C=O) groups is 3. The lowest BCUT2D eigenvalue weighted by atomic mass is 9.82. The number of nitrogens with one attached hydrogen (secondary N) is 1. The van der Waals surface area contributed by atoms with Crippen molar-refractivity contribution in [3.05, 3.63) is 64.9 Å². The van der Waals surface area contributed by atoms with Crippen LogP contribution >= 0.6 is 0 Å². The number of imidazole rings is 1. The van der Waals surface area contributed by atoms with Crippen molar-refractivity contribution in [2.24, 2.45) is 13.0 Å². The number of nitrogens with zero attached hydrogens (tertiary/aromatic N) is 2. The monoisotopic (exact) mass is 423 g/mol. The minimum absolute atomic E-state index is 0.0376. The first kappa shape index (κ1) is 22.0. The Morgan fingerprint density at radius 1 is 1.23 bits per heavy atom. The molecule has 31 heavy (non-hydrogen) atoms. The number of hydrogen-bond donors (Lipinski definition) is 3. The van der Waals surface area contributed by atoms with Crippen LogP contribution in [0.2, 0.25) is 0 Å². The molecule has 0 radical (unpaired) electrons. The Hall–Kier alpha value is -3.68. The molecule has 8 nitrogen and oxygen atoms in total. The zero-order valence-electron chi connectivity index (χ0n) is 17.7. The summed E-state index contributed by atoms with van der Waals surface area (Å²) in [5.74, 6) is -2.19. The smallest absolute Gasteiger partial charge is 0.328 e. The van der Waals surface area contributed by atoms with Crippen LogP contribution in [0.5, 0.6) is 0 Å². The predicted octanol–water partition coefficient (Wildman–Crippen LogP) is 3.22. The summed E-state index contributed by atoms with van der Waals surface area (Å²) in [6.07, 6.45) is 5.42. The Bertz CT molecular complexity index is 1170. The molecule has 0 fully saturated rings. The van der Waals surface area contributed by atoms with Crippen molar-refractivity contribution in [2.75, 3.05) is 0 Å². The number of ketones is 1. The maximum atomic E-state index is 13.1. The van der Waals surface area contributed by atoms with Crippen LogP contribution in [-0.2, 0) is 29.5 Å². The van der Waals surface area contributed by atoms with Crippen LogP contribution in [0.25, 0.3) is 10.9 Å². The number of hydrogen-bond acceptors (Lipinski definition) is 4. The van der Waals surface area contributed by atoms with Crippen molar-refractivity contribution in [1.82, 2.24) is 14.5 Å². The van der Waals surface area contributed by atoms with Crippen LogP contribution in [0.4, 0.5) is 0 Å². The van der Waals surface area contributed by atoms with E-state index in [-0.39, 0.29) is 11.7 Å². The van der Waals surface area contributed by atoms with Gasteiger partial charge in [-0.3, -0.25) is 4.79 Å². The Balaban J connectivity index is 0.000000293. The number of carboxylic acid groups (broad SMARTS) is 2. The predicted molar refractivity (Wildman–Crippen MR) is 115 cm³/mol. The summed E-state index contributed by atoms with van der Waals surface area (Å²) in [6, 6.07) is 6.39. The van der Waals surface area contributed by atoms with Crippen LogP contribution in [0.1, 0.15) is 39.4 Å². The molecule has 2 heterocycles. The molecule has 0 aliphatic heterocycles. The topological polar surface area (TPSA) is 125 Å². The Kier molecular flexibility index (Phi) is 6.39. The maximum absolute atomic E-state index is 13.1. The number of aryl methyl sites for hydroxylation is 3. The highest BCUT2D eigenvalue weighted by molar-refractivity contribution is 6.11. The first-order chi connectivity index (χ1) is 14.7. The van der Waals surface area contributed by atoms with Gasteiger partial charge in [0.25, 0.3) is 0 Å². The van der Waals surface area contributed by atoms with Gasteiger partial charge in [-0.1, -0.05) is 11.6 Å². The van der Waals surface area contributed by atoms with Crippen LogP contribution in [0.15, 0.2) is 36.7 Å². The zero-order valence-corrected chi connectivity index (χ0v) is 17.7. The number of aromatic nitrogens is 3. The quantitative estimate of drug-likeness (QED) is 0.553. The van der Waals surface area contributed by atoms with E-state index in [0.717, 1.165) is 47.1 Å². The normalized spacial score (nSPS) is 15.6. The number of Topliss-reactive ketones (excluding diaryl/α,β-unsaturated/α-hetero) is 1. The number of aromatic amines is 1. The van der Waals surface area contributed by atoms with E-state index in [4.69, 9.17) is 10.2 Å². The van der Waals surface area contributed by atoms with Gasteiger partial charge < -0.3 is 19.8 Å². The summed E-state index contributed by atoms with van der Waals surface area (Å²) in [4.78, 5) is 39.7. The highest BCUT2D eigenvalue weighted by Crippen LogP contribution is 2.35. The van der Waals surface area contributed by atoms with Gasteiger partial charge in [0.1, 0.15) is 0 Å². The molecule has 0 spiro atoms. The Morgan fingerprint density at radius 3 is 2.48 bits per heavy atom. The van der Waals surface area contributed by atoms with Crippen molar-refractivity contribution in [3.63, 3.8) is 0 Å². The first-order valence-corrected chi connectivity index (χ1v) is 9.94. The standard InChI is InChI=1S/C19H21N3O.C4H4O4/c1-11-4-6-16-14(8-11)18-17(22(16)3)7-5-13(19(18)23)9-15-12(2)20-10-21-15;5-3(6)1-2-4(7)8/h4,6,8,10,13H,5,7,9H2,1-3H3,(H,20,21);1-2H,(H,5,6)(H,7,8). The van der Waals surface area contributed by atoms with Gasteiger partial charge in [-0.15, -0.1) is 0 Å². The molecule has 3 N–H and O–H groups in total. The second kappa shape index (κ2) is 8.99. The number of fused-ring (bicyclic) bond motifs is 3. The van der Waals surface area contributed by atoms with Gasteiger partial charge >= 0.3 is 11.9 Å². The van der Waals surface area contributed by atoms with Gasteiger partial charge in [0.2, 0.25) is 0 Å². The molecular weight excluding hydrogens is 398 g/mol. The summed E-state index contributed by atoms with van der Waals surface area (Å²) in [5, 5.41) is 16.7. The van der Waals surface area contributed by atoms with Crippen molar-refractivity contribution in [2.45, 2.75) is 33.1 Å². The number of carboxylic acids is 2. The molecule has 1 aliphatic carbocycles. The van der Waals surface area contributed by atoms with E-state index < -0.39 is 11.9 Å². The lowest BCUT2D eigenvalue weighted by Gasteiger charge is -2.21. The third-order valence-electron chi connectivity index (χ3n) is 5.57. The molecule has 3 aromatic rings. The highest BCUT2D eigenvalue weighted by Gasteiger charge is 2.32. The molecule has 0 bridgehead atoms. The van der Waals surface area contributed by atoms with Gasteiger partial charge in [-0.25, -0.2) is 14.6 Å². The molecule has 0 saturated heterocycles. The summed E-state index contributed by atoms with van der Waals surface area (Å²) in [5.41, 5.74) is 6.57. The van der Waals surface area contributed by atoms with E-state index in [2.05, 4.69) is 46.7 Å². The second-order valence-corrected chi connectivity index (χ2v) is 7.69. The lowest BCUT2D eigenvalue weighted by molar-refractivity contribution is -0.134. The van der Waals surface area contributed by atoms with E-state index in [1.807, 2.05) is 6.92 Å². The molecule has 1 unspecified atom stereocenters. The summed E-state index contributed by atoms with van der Waals surface area (Å²) in [6.45, 7) is 4.10. The van der Waals surface area contributed by atoms with Crippen molar-refractivity contribution in [1.29, 1.82) is 0 Å². The van der Waals surface area contributed by atoms with E-state index in [0.29, 0.717) is 12.2 Å². The molecule has 2 aromatic heterocycles. The van der Waals surface area contributed by atoms with Crippen molar-refractivity contribution in [3.8, 4) is 0 Å². The number of carbonyl (C=O) groups excluding carboxylic acids is 1. The molecule has 1 aromatic carbocycles. The molecule has 0 amide bonds. The minimum Gasteiger partial charge on any atom is -0.478 e. The number of aliphatic carboxylic acids is 2. The minimum atomic E-state index is -1.26. The Morgan fingerprint density at radius 2 is 1.90 bits per heavy atom. The molecule has 1 aliphatic rings. The van der Waals surface area contributed by atoms with Crippen LogP contribution in [0.3, 0.4) is 0 Å². The summed E-state index contributed by atoms with van der Waals surface area (Å²) in [7, 11) is 2.07. The van der Waals surface area contributed by atoms with Crippen LogP contribution < -0.4 is 0 Å². The molecule has 1 atom stereocenters. The molecule has 0 saturated carbocycles. The van der Waals surface area contributed by atoms with E-state index in [1.165, 1.54) is 11.3 Å². The summed E-state index contributed by atoms with van der Waals surface area (Å²) < 4.78 is 2.19. The molecule has 8 heteroatoms. The fourth-order valence-electron chi connectivity index (χ4n) is 3.99. The van der Waals surface area contributed by atoms with Crippen LogP contribution in [0, 0.1) is 19.8 Å². The number of H-pyrrole nitrogens is 1. The first-order valence-electron chi connectivity index (χ1n) is 9.94. The Labute approximate surface area is 179 Å². The second-order valence-electron chi connectivity index (χ2n) is 7.69. The van der Waals surface area contributed by atoms with E-state index >= 15 is 0 Å². The largest absolute Gasteiger partial charge is 0.478 e. The third-order valence-corrected chi connectivity index (χ3v) is 5.57. The van der Waals surface area contributed by atoms with Gasteiger partial charge in [0.15, 0.2) is 5.78 Å². The number of rotatable bonds is 4. The maximum Gasteiger partial charge on any atom is 0.328 e. The van der Waals surface area contributed by atoms with E-state index in [9.17, 15) is 14.4 Å². The van der Waals surface area contributed by atoms with E-state index in [1.54, 1.807) is 6.33 Å². The highest BCUT2D eigenvalue weighted by atomic mass is 16.4. The fourth-order valence-corrected chi connectivity index (χ4v) is 3.99. The third kappa shape index (κ3) is 4.74. The summed E-state index contributed by atoms with van der Waals surface area (Å²) >= 11 is 0. The molecule has 4 rings (SSSR count). The SMILES string of the molecule is Cc1ccc2c(c1)c1c(n2C)CCC(Cc2nc[nH]c2C)C1=O.O=C(O)C=CC(=O)O. The van der Waals surface area contributed by atoms with Crippen molar-refractivity contribution >= 4 is 28.6 Å².